The van der Waals surface area contributed by atoms with Crippen LogP contribution in [0.25, 0.3) is 0 Å². The van der Waals surface area contributed by atoms with Crippen molar-refractivity contribution in [3.63, 3.8) is 0 Å². The van der Waals surface area contributed by atoms with Crippen molar-refractivity contribution in [3.8, 4) is 5.75 Å². The zero-order chi connectivity index (χ0) is 15.1. The van der Waals surface area contributed by atoms with Crippen LogP contribution in [0.2, 0.25) is 0 Å². The van der Waals surface area contributed by atoms with Crippen molar-refractivity contribution in [3.05, 3.63) is 78.4 Å². The smallest absolute Gasteiger partial charge is 0.115 e. The Balaban J connectivity index is 2.20. The lowest BCUT2D eigenvalue weighted by Gasteiger charge is -2.24. The Morgan fingerprint density at radius 3 is 2.33 bits per heavy atom. The van der Waals surface area contributed by atoms with Gasteiger partial charge in [-0.3, -0.25) is 0 Å². The average molecular weight is 283 g/mol. The van der Waals surface area contributed by atoms with Gasteiger partial charge in [-0.15, -0.1) is 6.58 Å². The quantitative estimate of drug-likeness (QED) is 0.683. The molecule has 0 aliphatic carbocycles. The molecule has 0 saturated heterocycles. The number of phenolic OH excluding ortho intramolecular Hbond substituents is 1. The molecule has 2 rings (SSSR count). The van der Waals surface area contributed by atoms with Gasteiger partial charge >= 0.3 is 0 Å². The van der Waals surface area contributed by atoms with Crippen LogP contribution in [0.3, 0.4) is 0 Å². The SMILES string of the molecule is C=CC[C@@H](N[C@@H](CO)c1ccccc1)c1cccc(O)c1. The Hall–Kier alpha value is -2.10. The summed E-state index contributed by atoms with van der Waals surface area (Å²) in [5.41, 5.74) is 2.01. The van der Waals surface area contributed by atoms with Crippen LogP contribution in [0.4, 0.5) is 0 Å². The molecule has 2 atom stereocenters. The number of rotatable bonds is 7. The molecule has 3 nitrogen and oxygen atoms in total. The van der Waals surface area contributed by atoms with Crippen molar-refractivity contribution in [2.75, 3.05) is 6.61 Å². The summed E-state index contributed by atoms with van der Waals surface area (Å²) >= 11 is 0. The van der Waals surface area contributed by atoms with Gasteiger partial charge in [0.1, 0.15) is 5.75 Å². The molecule has 0 saturated carbocycles. The molecule has 0 spiro atoms. The molecule has 3 N–H and O–H groups in total. The predicted molar refractivity (Wildman–Crippen MR) is 85.1 cm³/mol. The van der Waals surface area contributed by atoms with Gasteiger partial charge in [-0.05, 0) is 29.7 Å². The molecule has 3 heteroatoms. The van der Waals surface area contributed by atoms with Crippen LogP contribution < -0.4 is 5.32 Å². The van der Waals surface area contributed by atoms with Crippen molar-refractivity contribution < 1.29 is 10.2 Å². The zero-order valence-corrected chi connectivity index (χ0v) is 11.9. The van der Waals surface area contributed by atoms with E-state index in [1.807, 2.05) is 48.5 Å². The van der Waals surface area contributed by atoms with Crippen molar-refractivity contribution in [1.82, 2.24) is 5.32 Å². The first-order chi connectivity index (χ1) is 10.2. The second kappa shape index (κ2) is 7.62. The van der Waals surface area contributed by atoms with Crippen LogP contribution in [-0.4, -0.2) is 16.8 Å². The first kappa shape index (κ1) is 15.3. The lowest BCUT2D eigenvalue weighted by molar-refractivity contribution is 0.233. The highest BCUT2D eigenvalue weighted by Gasteiger charge is 2.17. The van der Waals surface area contributed by atoms with E-state index in [1.165, 1.54) is 0 Å². The zero-order valence-electron chi connectivity index (χ0n) is 11.9. The molecule has 0 amide bonds. The van der Waals surface area contributed by atoms with Gasteiger partial charge in [0, 0.05) is 6.04 Å². The lowest BCUT2D eigenvalue weighted by Crippen LogP contribution is -2.28. The first-order valence-electron chi connectivity index (χ1n) is 7.06. The fraction of sp³-hybridized carbons (Fsp3) is 0.222. The third-order valence-corrected chi connectivity index (χ3v) is 3.46. The van der Waals surface area contributed by atoms with Crippen LogP contribution in [0.15, 0.2) is 67.3 Å². The van der Waals surface area contributed by atoms with E-state index in [0.717, 1.165) is 11.1 Å². The fourth-order valence-corrected chi connectivity index (χ4v) is 2.39. The molecule has 0 heterocycles. The molecule has 0 bridgehead atoms. The number of nitrogens with one attached hydrogen (secondary N) is 1. The van der Waals surface area contributed by atoms with E-state index in [-0.39, 0.29) is 24.4 Å². The van der Waals surface area contributed by atoms with E-state index in [0.29, 0.717) is 6.42 Å². The maximum Gasteiger partial charge on any atom is 0.115 e. The highest BCUT2D eigenvalue weighted by Crippen LogP contribution is 2.25. The monoisotopic (exact) mass is 283 g/mol. The van der Waals surface area contributed by atoms with Crippen molar-refractivity contribution >= 4 is 0 Å². The van der Waals surface area contributed by atoms with Gasteiger partial charge < -0.3 is 15.5 Å². The van der Waals surface area contributed by atoms with Gasteiger partial charge in [-0.25, -0.2) is 0 Å². The molecule has 21 heavy (non-hydrogen) atoms. The molecule has 0 radical (unpaired) electrons. The van der Waals surface area contributed by atoms with Crippen LogP contribution >= 0.6 is 0 Å². The Morgan fingerprint density at radius 1 is 1.00 bits per heavy atom. The number of benzene rings is 2. The van der Waals surface area contributed by atoms with E-state index in [9.17, 15) is 10.2 Å². The molecule has 0 aliphatic heterocycles. The Labute approximate surface area is 125 Å². The summed E-state index contributed by atoms with van der Waals surface area (Å²) in [5.74, 6) is 0.239. The maximum atomic E-state index is 9.66. The standard InChI is InChI=1S/C18H21NO2/c1-2-7-17(15-10-6-11-16(21)12-15)19-18(13-20)14-8-4-3-5-9-14/h2-6,8-12,17-21H,1,7,13H2/t17-,18+/m1/s1. The molecule has 2 aromatic rings. The van der Waals surface area contributed by atoms with Crippen LogP contribution in [-0.2, 0) is 0 Å². The van der Waals surface area contributed by atoms with Gasteiger partial charge in [0.05, 0.1) is 12.6 Å². The Kier molecular flexibility index (Phi) is 5.55. The largest absolute Gasteiger partial charge is 0.508 e. The number of hydrogen-bond donors (Lipinski definition) is 3. The van der Waals surface area contributed by atoms with Crippen molar-refractivity contribution in [2.24, 2.45) is 0 Å². The van der Waals surface area contributed by atoms with Gasteiger partial charge in [0.2, 0.25) is 0 Å². The molecule has 2 aromatic carbocycles. The highest BCUT2D eigenvalue weighted by molar-refractivity contribution is 5.30. The third-order valence-electron chi connectivity index (χ3n) is 3.46. The van der Waals surface area contributed by atoms with E-state index in [2.05, 4.69) is 11.9 Å². The second-order valence-electron chi connectivity index (χ2n) is 4.98. The summed E-state index contributed by atoms with van der Waals surface area (Å²) in [6, 6.07) is 16.8. The average Bonchev–Trinajstić information content (AvgIpc) is 2.52. The Bertz CT molecular complexity index is 568. The Morgan fingerprint density at radius 2 is 1.71 bits per heavy atom. The summed E-state index contributed by atoms with van der Waals surface area (Å²) in [6.07, 6.45) is 2.55. The number of aromatic hydroxyl groups is 1. The van der Waals surface area contributed by atoms with Crippen molar-refractivity contribution in [1.29, 1.82) is 0 Å². The molecule has 110 valence electrons. The number of aliphatic hydroxyl groups is 1. The van der Waals surface area contributed by atoms with Gasteiger partial charge in [0.15, 0.2) is 0 Å². The van der Waals surface area contributed by atoms with E-state index in [4.69, 9.17) is 0 Å². The van der Waals surface area contributed by atoms with Crippen LogP contribution in [0.1, 0.15) is 29.6 Å². The minimum atomic E-state index is -0.154. The molecular formula is C18H21NO2. The molecule has 0 fully saturated rings. The minimum Gasteiger partial charge on any atom is -0.508 e. The summed E-state index contributed by atoms with van der Waals surface area (Å²) in [5, 5.41) is 22.7. The van der Waals surface area contributed by atoms with Gasteiger partial charge in [0.25, 0.3) is 0 Å². The summed E-state index contributed by atoms with van der Waals surface area (Å²) in [6.45, 7) is 3.80. The molecule has 0 aromatic heterocycles. The maximum absolute atomic E-state index is 9.66. The summed E-state index contributed by atoms with van der Waals surface area (Å²) in [7, 11) is 0. The summed E-state index contributed by atoms with van der Waals surface area (Å²) < 4.78 is 0. The number of hydrogen-bond acceptors (Lipinski definition) is 3. The van der Waals surface area contributed by atoms with Crippen LogP contribution in [0, 0.1) is 0 Å². The third kappa shape index (κ3) is 4.18. The molecule has 0 aliphatic rings. The van der Waals surface area contributed by atoms with Gasteiger partial charge in [-0.2, -0.15) is 0 Å². The van der Waals surface area contributed by atoms with E-state index in [1.54, 1.807) is 12.1 Å². The van der Waals surface area contributed by atoms with E-state index >= 15 is 0 Å². The number of aliphatic hydroxyl groups excluding tert-OH is 1. The lowest BCUT2D eigenvalue weighted by atomic mass is 10.00. The fourth-order valence-electron chi connectivity index (χ4n) is 2.39. The second-order valence-corrected chi connectivity index (χ2v) is 4.98. The predicted octanol–water partition coefficient (Wildman–Crippen LogP) is 3.33. The minimum absolute atomic E-state index is 0.00745. The molecular weight excluding hydrogens is 262 g/mol. The van der Waals surface area contributed by atoms with E-state index < -0.39 is 0 Å². The summed E-state index contributed by atoms with van der Waals surface area (Å²) in [4.78, 5) is 0. The topological polar surface area (TPSA) is 52.5 Å². The highest BCUT2D eigenvalue weighted by atomic mass is 16.3. The molecule has 0 unspecified atom stereocenters. The normalized spacial score (nSPS) is 13.6. The first-order valence-corrected chi connectivity index (χ1v) is 7.06. The van der Waals surface area contributed by atoms with Crippen molar-refractivity contribution in [2.45, 2.75) is 18.5 Å². The number of phenols is 1. The van der Waals surface area contributed by atoms with Crippen LogP contribution in [0.5, 0.6) is 5.75 Å². The van der Waals surface area contributed by atoms with Gasteiger partial charge in [-0.1, -0.05) is 48.5 Å².